The lowest BCUT2D eigenvalue weighted by atomic mass is 9.96. The summed E-state index contributed by atoms with van der Waals surface area (Å²) in [4.78, 5) is 37.4. The maximum absolute atomic E-state index is 12.4. The highest BCUT2D eigenvalue weighted by Gasteiger charge is 2.30. The number of nitrogens with zero attached hydrogens (tertiary/aromatic N) is 1. The van der Waals surface area contributed by atoms with Crippen LogP contribution in [0.1, 0.15) is 32.6 Å². The van der Waals surface area contributed by atoms with Crippen LogP contribution >= 0.6 is 0 Å². The van der Waals surface area contributed by atoms with Crippen molar-refractivity contribution in [2.45, 2.75) is 38.6 Å². The van der Waals surface area contributed by atoms with Crippen molar-refractivity contribution in [1.29, 1.82) is 0 Å². The van der Waals surface area contributed by atoms with Crippen LogP contribution in [-0.2, 0) is 9.59 Å². The molecule has 1 heterocycles. The molecule has 0 radical (unpaired) electrons. The molecule has 0 aromatic heterocycles. The van der Waals surface area contributed by atoms with Gasteiger partial charge in [-0.15, -0.1) is 0 Å². The standard InChI is InChI=1S/C18H24N4O3/c1-12(23)19-15-3-2-4-16(11-15)20-17(24)13-7-9-22(10-8-13)18(25)21-14-5-6-14/h2-4,11,13-14H,5-10H2,1H3,(H,19,23)(H,20,24)(H,21,25). The van der Waals surface area contributed by atoms with Crippen molar-refractivity contribution in [3.63, 3.8) is 0 Å². The number of hydrogen-bond acceptors (Lipinski definition) is 3. The minimum absolute atomic E-state index is 0.00985. The summed E-state index contributed by atoms with van der Waals surface area (Å²) in [6, 6.07) is 7.42. The molecule has 0 atom stereocenters. The van der Waals surface area contributed by atoms with Crippen molar-refractivity contribution >= 4 is 29.2 Å². The largest absolute Gasteiger partial charge is 0.335 e. The van der Waals surface area contributed by atoms with Crippen molar-refractivity contribution in [3.8, 4) is 0 Å². The average molecular weight is 344 g/mol. The highest BCUT2D eigenvalue weighted by Crippen LogP contribution is 2.23. The Labute approximate surface area is 147 Å². The Morgan fingerprint density at radius 1 is 1.00 bits per heavy atom. The topological polar surface area (TPSA) is 90.5 Å². The van der Waals surface area contributed by atoms with Gasteiger partial charge in [0.1, 0.15) is 0 Å². The van der Waals surface area contributed by atoms with Crippen molar-refractivity contribution in [1.82, 2.24) is 10.2 Å². The van der Waals surface area contributed by atoms with Crippen molar-refractivity contribution < 1.29 is 14.4 Å². The Morgan fingerprint density at radius 2 is 1.64 bits per heavy atom. The number of amides is 4. The van der Waals surface area contributed by atoms with Gasteiger partial charge in [-0.3, -0.25) is 9.59 Å². The molecule has 2 aliphatic rings. The lowest BCUT2D eigenvalue weighted by Crippen LogP contribution is -2.46. The third-order valence-electron chi connectivity index (χ3n) is 4.51. The molecule has 3 rings (SSSR count). The van der Waals surface area contributed by atoms with E-state index in [-0.39, 0.29) is 23.8 Å². The SMILES string of the molecule is CC(=O)Nc1cccc(NC(=O)C2CCN(C(=O)NC3CC3)CC2)c1. The molecule has 4 amide bonds. The normalized spacial score (nSPS) is 17.7. The molecule has 1 saturated carbocycles. The summed E-state index contributed by atoms with van der Waals surface area (Å²) in [6.07, 6.45) is 3.47. The van der Waals surface area contributed by atoms with Crippen LogP contribution in [0.2, 0.25) is 0 Å². The predicted molar refractivity (Wildman–Crippen MR) is 95.2 cm³/mol. The molecule has 1 aromatic carbocycles. The monoisotopic (exact) mass is 344 g/mol. The maximum atomic E-state index is 12.4. The second-order valence-corrected chi connectivity index (χ2v) is 6.74. The molecule has 2 fully saturated rings. The van der Waals surface area contributed by atoms with E-state index in [9.17, 15) is 14.4 Å². The number of carbonyl (C=O) groups is 3. The van der Waals surface area contributed by atoms with Crippen molar-refractivity contribution in [3.05, 3.63) is 24.3 Å². The van der Waals surface area contributed by atoms with Gasteiger partial charge in [-0.05, 0) is 43.9 Å². The van der Waals surface area contributed by atoms with Crippen molar-refractivity contribution in [2.24, 2.45) is 5.92 Å². The summed E-state index contributed by atoms with van der Waals surface area (Å²) in [7, 11) is 0. The Kier molecular flexibility index (Phi) is 5.21. The molecule has 25 heavy (non-hydrogen) atoms. The number of hydrogen-bond donors (Lipinski definition) is 3. The van der Waals surface area contributed by atoms with Crippen LogP contribution in [0.25, 0.3) is 0 Å². The summed E-state index contributed by atoms with van der Waals surface area (Å²) >= 11 is 0. The predicted octanol–water partition coefficient (Wildman–Crippen LogP) is 2.17. The Balaban J connectivity index is 1.49. The number of piperidine rings is 1. The van der Waals surface area contributed by atoms with E-state index in [4.69, 9.17) is 0 Å². The van der Waals surface area contributed by atoms with Crippen LogP contribution in [-0.4, -0.2) is 41.9 Å². The number of carbonyl (C=O) groups excluding carboxylic acids is 3. The van der Waals surface area contributed by atoms with E-state index < -0.39 is 0 Å². The molecule has 134 valence electrons. The molecule has 3 N–H and O–H groups in total. The molecule has 0 spiro atoms. The van der Waals surface area contributed by atoms with Gasteiger partial charge >= 0.3 is 6.03 Å². The number of anilines is 2. The maximum Gasteiger partial charge on any atom is 0.317 e. The van der Waals surface area contributed by atoms with Gasteiger partial charge in [0.2, 0.25) is 11.8 Å². The van der Waals surface area contributed by atoms with Crippen LogP contribution < -0.4 is 16.0 Å². The molecule has 7 nitrogen and oxygen atoms in total. The van der Waals surface area contributed by atoms with Crippen LogP contribution in [0, 0.1) is 5.92 Å². The van der Waals surface area contributed by atoms with Gasteiger partial charge in [0.25, 0.3) is 0 Å². The molecule has 0 unspecified atom stereocenters. The molecular weight excluding hydrogens is 320 g/mol. The Morgan fingerprint density at radius 3 is 2.24 bits per heavy atom. The quantitative estimate of drug-likeness (QED) is 0.782. The van der Waals surface area contributed by atoms with Crippen LogP contribution in [0.4, 0.5) is 16.2 Å². The number of likely N-dealkylation sites (tertiary alicyclic amines) is 1. The molecule has 0 bridgehead atoms. The van der Waals surface area contributed by atoms with E-state index in [0.29, 0.717) is 43.3 Å². The lowest BCUT2D eigenvalue weighted by Gasteiger charge is -2.31. The van der Waals surface area contributed by atoms with Gasteiger partial charge in [0.15, 0.2) is 0 Å². The first kappa shape index (κ1) is 17.3. The van der Waals surface area contributed by atoms with E-state index in [2.05, 4.69) is 16.0 Å². The van der Waals surface area contributed by atoms with Gasteiger partial charge in [0.05, 0.1) is 0 Å². The second-order valence-electron chi connectivity index (χ2n) is 6.74. The fourth-order valence-corrected chi connectivity index (χ4v) is 2.96. The van der Waals surface area contributed by atoms with E-state index in [0.717, 1.165) is 12.8 Å². The summed E-state index contributed by atoms with van der Waals surface area (Å²) < 4.78 is 0. The first-order chi connectivity index (χ1) is 12.0. The fraction of sp³-hybridized carbons (Fsp3) is 0.500. The van der Waals surface area contributed by atoms with Crippen LogP contribution in [0.3, 0.4) is 0 Å². The zero-order valence-corrected chi connectivity index (χ0v) is 14.4. The van der Waals surface area contributed by atoms with E-state index in [1.54, 1.807) is 29.2 Å². The highest BCUT2D eigenvalue weighted by atomic mass is 16.2. The molecule has 1 aromatic rings. The van der Waals surface area contributed by atoms with E-state index in [1.165, 1.54) is 6.92 Å². The lowest BCUT2D eigenvalue weighted by molar-refractivity contribution is -0.121. The average Bonchev–Trinajstić information content (AvgIpc) is 3.38. The van der Waals surface area contributed by atoms with Gasteiger partial charge in [-0.2, -0.15) is 0 Å². The third-order valence-corrected chi connectivity index (χ3v) is 4.51. The smallest absolute Gasteiger partial charge is 0.317 e. The van der Waals surface area contributed by atoms with Crippen LogP contribution in [0.5, 0.6) is 0 Å². The summed E-state index contributed by atoms with van der Waals surface area (Å²) in [6.45, 7) is 2.64. The highest BCUT2D eigenvalue weighted by molar-refractivity contribution is 5.94. The van der Waals surface area contributed by atoms with E-state index >= 15 is 0 Å². The number of rotatable bonds is 4. The first-order valence-electron chi connectivity index (χ1n) is 8.75. The van der Waals surface area contributed by atoms with Gasteiger partial charge < -0.3 is 20.9 Å². The summed E-state index contributed by atoms with van der Waals surface area (Å²) in [5, 5.41) is 8.58. The van der Waals surface area contributed by atoms with Crippen molar-refractivity contribution in [2.75, 3.05) is 23.7 Å². The van der Waals surface area contributed by atoms with Gasteiger partial charge in [-0.1, -0.05) is 6.07 Å². The second kappa shape index (κ2) is 7.55. The fourth-order valence-electron chi connectivity index (χ4n) is 2.96. The van der Waals surface area contributed by atoms with Gasteiger partial charge in [0, 0.05) is 43.3 Å². The minimum atomic E-state index is -0.152. The minimum Gasteiger partial charge on any atom is -0.335 e. The molecule has 7 heteroatoms. The Hall–Kier alpha value is -2.57. The summed E-state index contributed by atoms with van der Waals surface area (Å²) in [5.74, 6) is -0.294. The first-order valence-corrected chi connectivity index (χ1v) is 8.75. The van der Waals surface area contributed by atoms with Crippen LogP contribution in [0.15, 0.2) is 24.3 Å². The van der Waals surface area contributed by atoms with E-state index in [1.807, 2.05) is 0 Å². The Bertz CT molecular complexity index is 664. The zero-order valence-electron chi connectivity index (χ0n) is 14.4. The van der Waals surface area contributed by atoms with Gasteiger partial charge in [-0.25, -0.2) is 4.79 Å². The summed E-state index contributed by atoms with van der Waals surface area (Å²) in [5.41, 5.74) is 1.31. The number of nitrogens with one attached hydrogen (secondary N) is 3. The molecule has 1 aliphatic heterocycles. The molecule has 1 aliphatic carbocycles. The number of benzene rings is 1. The molecule has 1 saturated heterocycles. The zero-order chi connectivity index (χ0) is 17.8. The number of urea groups is 1. The third kappa shape index (κ3) is 4.95. The molecular formula is C18H24N4O3.